The Kier molecular flexibility index (Phi) is 5.40. The fourth-order valence-electron chi connectivity index (χ4n) is 3.52. The lowest BCUT2D eigenvalue weighted by atomic mass is 9.84. The number of halogens is 1. The fraction of sp³-hybridized carbons (Fsp3) is 0.400. The van der Waals surface area contributed by atoms with Crippen LogP contribution >= 0.6 is 0 Å². The highest BCUT2D eigenvalue weighted by molar-refractivity contribution is 5.84. The minimum atomic E-state index is -0.460. The molecule has 1 saturated heterocycles. The molecule has 1 aromatic heterocycles. The second-order valence-electron chi connectivity index (χ2n) is 6.70. The molecule has 5 nitrogen and oxygen atoms in total. The molecule has 1 aliphatic rings. The largest absolute Gasteiger partial charge is 0.466 e. The summed E-state index contributed by atoms with van der Waals surface area (Å²) in [6.45, 7) is 2.33. The van der Waals surface area contributed by atoms with Crippen LogP contribution in [-0.4, -0.2) is 30.3 Å². The number of nitrogens with zero attached hydrogens (tertiary/aromatic N) is 1. The molecule has 2 unspecified atom stereocenters. The van der Waals surface area contributed by atoms with Crippen molar-refractivity contribution in [3.8, 4) is 0 Å². The summed E-state index contributed by atoms with van der Waals surface area (Å²) in [5.74, 6) is 0.723. The van der Waals surface area contributed by atoms with Gasteiger partial charge in [0.2, 0.25) is 11.8 Å². The van der Waals surface area contributed by atoms with E-state index in [-0.39, 0.29) is 17.6 Å². The Morgan fingerprint density at radius 1 is 1.35 bits per heavy atom. The van der Waals surface area contributed by atoms with E-state index in [0.29, 0.717) is 31.4 Å². The van der Waals surface area contributed by atoms with Crippen molar-refractivity contribution >= 4 is 11.8 Å². The molecule has 1 aliphatic heterocycles. The normalized spacial score (nSPS) is 20.3. The molecule has 3 rings (SSSR count). The van der Waals surface area contributed by atoms with E-state index in [1.807, 2.05) is 19.1 Å². The number of carbonyl (C=O) groups excluding carboxylic acids is 2. The Balaban J connectivity index is 1.70. The SMILES string of the molecule is Cc1ccc(CCNC(=O)C2CCC(=O)N(C)C2c2cccc(F)c2)o1. The third-order valence-corrected chi connectivity index (χ3v) is 4.85. The molecule has 26 heavy (non-hydrogen) atoms. The van der Waals surface area contributed by atoms with Gasteiger partial charge in [-0.3, -0.25) is 9.59 Å². The molecule has 138 valence electrons. The highest BCUT2D eigenvalue weighted by Crippen LogP contribution is 2.36. The smallest absolute Gasteiger partial charge is 0.225 e. The minimum absolute atomic E-state index is 0.0330. The van der Waals surface area contributed by atoms with Gasteiger partial charge >= 0.3 is 0 Å². The number of rotatable bonds is 5. The molecule has 0 bridgehead atoms. The monoisotopic (exact) mass is 358 g/mol. The van der Waals surface area contributed by atoms with Crippen LogP contribution in [0.4, 0.5) is 4.39 Å². The first kappa shape index (κ1) is 18.2. The van der Waals surface area contributed by atoms with Gasteiger partial charge in [-0.05, 0) is 43.2 Å². The molecule has 1 aromatic carbocycles. The van der Waals surface area contributed by atoms with Crippen LogP contribution in [0.3, 0.4) is 0 Å². The van der Waals surface area contributed by atoms with E-state index in [4.69, 9.17) is 4.42 Å². The maximum atomic E-state index is 13.7. The minimum Gasteiger partial charge on any atom is -0.466 e. The van der Waals surface area contributed by atoms with Gasteiger partial charge < -0.3 is 14.6 Å². The molecule has 0 aliphatic carbocycles. The van der Waals surface area contributed by atoms with Gasteiger partial charge in [0.05, 0.1) is 12.0 Å². The number of aryl methyl sites for hydroxylation is 1. The average molecular weight is 358 g/mol. The van der Waals surface area contributed by atoms with E-state index in [1.165, 1.54) is 12.1 Å². The van der Waals surface area contributed by atoms with Gasteiger partial charge in [-0.2, -0.15) is 0 Å². The zero-order chi connectivity index (χ0) is 18.7. The number of carbonyl (C=O) groups is 2. The molecule has 2 aromatic rings. The second-order valence-corrected chi connectivity index (χ2v) is 6.70. The highest BCUT2D eigenvalue weighted by atomic mass is 19.1. The van der Waals surface area contributed by atoms with Gasteiger partial charge in [0.1, 0.15) is 17.3 Å². The molecule has 2 heterocycles. The zero-order valence-corrected chi connectivity index (χ0v) is 15.0. The van der Waals surface area contributed by atoms with Crippen molar-refractivity contribution in [3.05, 3.63) is 59.3 Å². The first-order valence-corrected chi connectivity index (χ1v) is 8.80. The standard InChI is InChI=1S/C20H23FN2O3/c1-13-6-7-16(26-13)10-11-22-20(25)17-8-9-18(24)23(2)19(17)14-4-3-5-15(21)12-14/h3-7,12,17,19H,8-11H2,1-2H3,(H,22,25). The van der Waals surface area contributed by atoms with E-state index in [1.54, 1.807) is 24.1 Å². The summed E-state index contributed by atoms with van der Waals surface area (Å²) >= 11 is 0. The van der Waals surface area contributed by atoms with Gasteiger partial charge in [-0.15, -0.1) is 0 Å². The quantitative estimate of drug-likeness (QED) is 0.894. The summed E-state index contributed by atoms with van der Waals surface area (Å²) in [5.41, 5.74) is 0.641. The van der Waals surface area contributed by atoms with Crippen LogP contribution in [-0.2, 0) is 16.0 Å². The maximum Gasteiger partial charge on any atom is 0.225 e. The summed E-state index contributed by atoms with van der Waals surface area (Å²) in [4.78, 5) is 26.4. The van der Waals surface area contributed by atoms with Crippen LogP contribution in [0, 0.1) is 18.7 Å². The Morgan fingerprint density at radius 2 is 2.15 bits per heavy atom. The number of likely N-dealkylation sites (tertiary alicyclic amines) is 1. The van der Waals surface area contributed by atoms with E-state index >= 15 is 0 Å². The van der Waals surface area contributed by atoms with Crippen LogP contribution < -0.4 is 5.32 Å². The molecule has 6 heteroatoms. The lowest BCUT2D eigenvalue weighted by Gasteiger charge is -2.38. The number of hydrogen-bond donors (Lipinski definition) is 1. The van der Waals surface area contributed by atoms with Crippen molar-refractivity contribution in [1.29, 1.82) is 0 Å². The highest BCUT2D eigenvalue weighted by Gasteiger charge is 2.38. The van der Waals surface area contributed by atoms with Gasteiger partial charge in [-0.25, -0.2) is 4.39 Å². The first-order chi connectivity index (χ1) is 12.5. The Hall–Kier alpha value is -2.63. The summed E-state index contributed by atoms with van der Waals surface area (Å²) in [5, 5.41) is 2.93. The maximum absolute atomic E-state index is 13.7. The van der Waals surface area contributed by atoms with E-state index < -0.39 is 12.0 Å². The third kappa shape index (κ3) is 3.95. The summed E-state index contributed by atoms with van der Waals surface area (Å²) in [7, 11) is 1.67. The summed E-state index contributed by atoms with van der Waals surface area (Å²) in [6, 6.07) is 9.43. The summed E-state index contributed by atoms with van der Waals surface area (Å²) < 4.78 is 19.2. The predicted octanol–water partition coefficient (Wildman–Crippen LogP) is 3.00. The van der Waals surface area contributed by atoms with Gasteiger partial charge in [0, 0.05) is 26.4 Å². The van der Waals surface area contributed by atoms with Crippen molar-refractivity contribution in [1.82, 2.24) is 10.2 Å². The number of nitrogens with one attached hydrogen (secondary N) is 1. The molecule has 0 radical (unpaired) electrons. The number of hydrogen-bond acceptors (Lipinski definition) is 3. The molecule has 2 atom stereocenters. The molecule has 2 amide bonds. The van der Waals surface area contributed by atoms with Crippen LogP contribution in [0.25, 0.3) is 0 Å². The second kappa shape index (κ2) is 7.72. The van der Waals surface area contributed by atoms with Crippen LogP contribution in [0.15, 0.2) is 40.8 Å². The van der Waals surface area contributed by atoms with Crippen LogP contribution in [0.5, 0.6) is 0 Å². The lowest BCUT2D eigenvalue weighted by molar-refractivity contribution is -0.141. The molecular formula is C20H23FN2O3. The predicted molar refractivity (Wildman–Crippen MR) is 94.8 cm³/mol. The zero-order valence-electron chi connectivity index (χ0n) is 15.0. The number of benzene rings is 1. The van der Waals surface area contributed by atoms with E-state index in [0.717, 1.165) is 11.5 Å². The molecule has 0 spiro atoms. The number of amides is 2. The van der Waals surface area contributed by atoms with Gasteiger partial charge in [0.25, 0.3) is 0 Å². The molecule has 1 N–H and O–H groups in total. The van der Waals surface area contributed by atoms with Crippen molar-refractivity contribution < 1.29 is 18.4 Å². The average Bonchev–Trinajstić information content (AvgIpc) is 3.02. The van der Waals surface area contributed by atoms with Crippen LogP contribution in [0.2, 0.25) is 0 Å². The topological polar surface area (TPSA) is 62.6 Å². The number of piperidine rings is 1. The van der Waals surface area contributed by atoms with Gasteiger partial charge in [0.15, 0.2) is 0 Å². The number of furan rings is 1. The van der Waals surface area contributed by atoms with Crippen molar-refractivity contribution in [2.24, 2.45) is 5.92 Å². The molecular weight excluding hydrogens is 335 g/mol. The third-order valence-electron chi connectivity index (χ3n) is 4.85. The van der Waals surface area contributed by atoms with Crippen molar-refractivity contribution in [2.45, 2.75) is 32.2 Å². The molecule has 0 saturated carbocycles. The van der Waals surface area contributed by atoms with E-state index in [9.17, 15) is 14.0 Å². The van der Waals surface area contributed by atoms with E-state index in [2.05, 4.69) is 5.32 Å². The summed E-state index contributed by atoms with van der Waals surface area (Å²) in [6.07, 6.45) is 1.37. The fourth-order valence-corrected chi connectivity index (χ4v) is 3.52. The van der Waals surface area contributed by atoms with Crippen molar-refractivity contribution in [2.75, 3.05) is 13.6 Å². The lowest BCUT2D eigenvalue weighted by Crippen LogP contribution is -2.46. The Morgan fingerprint density at radius 3 is 2.85 bits per heavy atom. The Bertz CT molecular complexity index is 802. The van der Waals surface area contributed by atoms with Gasteiger partial charge in [-0.1, -0.05) is 12.1 Å². The van der Waals surface area contributed by atoms with Crippen LogP contribution in [0.1, 0.15) is 36.0 Å². The van der Waals surface area contributed by atoms with Crippen molar-refractivity contribution in [3.63, 3.8) is 0 Å². The Labute approximate surface area is 152 Å². The first-order valence-electron chi connectivity index (χ1n) is 8.80. The molecule has 1 fully saturated rings.